The Hall–Kier alpha value is -3.41. The summed E-state index contributed by atoms with van der Waals surface area (Å²) >= 11 is 0. The van der Waals surface area contributed by atoms with Gasteiger partial charge in [-0.05, 0) is 49.1 Å². The first-order chi connectivity index (χ1) is 13.8. The number of hydrogen-bond donors (Lipinski definition) is 0. The molecule has 0 N–H and O–H groups in total. The molecule has 140 valence electrons. The molecule has 0 atom stereocenters. The number of methoxy groups -OCH3 is 1. The highest BCUT2D eigenvalue weighted by Crippen LogP contribution is 2.32. The van der Waals surface area contributed by atoms with E-state index in [0.29, 0.717) is 11.8 Å². The van der Waals surface area contributed by atoms with Gasteiger partial charge in [0.05, 0.1) is 36.6 Å². The van der Waals surface area contributed by atoms with Gasteiger partial charge in [-0.25, -0.2) is 9.97 Å². The summed E-state index contributed by atoms with van der Waals surface area (Å²) in [6.45, 7) is 0.779. The number of rotatable bonds is 6. The van der Waals surface area contributed by atoms with Gasteiger partial charge >= 0.3 is 0 Å². The maximum atomic E-state index is 5.94. The van der Waals surface area contributed by atoms with Crippen LogP contribution >= 0.6 is 0 Å². The Kier molecular flexibility index (Phi) is 4.16. The molecule has 4 aromatic rings. The highest BCUT2D eigenvalue weighted by Gasteiger charge is 2.22. The lowest BCUT2D eigenvalue weighted by atomic mass is 10.2. The lowest BCUT2D eigenvalue weighted by molar-refractivity contribution is 0.300. The van der Waals surface area contributed by atoms with Crippen molar-refractivity contribution in [3.05, 3.63) is 60.9 Å². The van der Waals surface area contributed by atoms with Crippen molar-refractivity contribution < 1.29 is 9.47 Å². The first-order valence-electron chi connectivity index (χ1n) is 9.39. The predicted octanol–water partition coefficient (Wildman–Crippen LogP) is 4.28. The maximum Gasteiger partial charge on any atom is 0.213 e. The molecule has 0 bridgehead atoms. The van der Waals surface area contributed by atoms with Crippen LogP contribution in [0, 0.1) is 5.92 Å². The van der Waals surface area contributed by atoms with Crippen LogP contribution < -0.4 is 9.47 Å². The molecule has 0 radical (unpaired) electrons. The zero-order valence-electron chi connectivity index (χ0n) is 15.6. The summed E-state index contributed by atoms with van der Waals surface area (Å²) in [6, 6.07) is 15.7. The first-order valence-corrected chi connectivity index (χ1v) is 9.39. The Labute approximate surface area is 162 Å². The monoisotopic (exact) mass is 372 g/mol. The minimum atomic E-state index is 0.573. The fourth-order valence-electron chi connectivity index (χ4n) is 3.20. The molecule has 3 aromatic heterocycles. The summed E-state index contributed by atoms with van der Waals surface area (Å²) < 4.78 is 13.2. The number of aromatic nitrogens is 4. The summed E-state index contributed by atoms with van der Waals surface area (Å²) in [5.74, 6) is 2.90. The van der Waals surface area contributed by atoms with E-state index in [0.717, 1.165) is 40.6 Å². The van der Waals surface area contributed by atoms with E-state index >= 15 is 0 Å². The van der Waals surface area contributed by atoms with E-state index in [4.69, 9.17) is 14.5 Å². The molecule has 0 unspecified atom stereocenters. The molecule has 1 aliphatic rings. The Morgan fingerprint density at radius 1 is 1.07 bits per heavy atom. The molecule has 3 heterocycles. The van der Waals surface area contributed by atoms with Crippen molar-refractivity contribution in [1.82, 2.24) is 19.5 Å². The third kappa shape index (κ3) is 3.17. The average molecular weight is 372 g/mol. The van der Waals surface area contributed by atoms with Gasteiger partial charge in [0.15, 0.2) is 5.82 Å². The van der Waals surface area contributed by atoms with Crippen LogP contribution in [0.25, 0.3) is 28.2 Å². The van der Waals surface area contributed by atoms with Crippen molar-refractivity contribution in [2.75, 3.05) is 13.7 Å². The van der Waals surface area contributed by atoms with Crippen LogP contribution in [0.3, 0.4) is 0 Å². The topological polar surface area (TPSA) is 62.1 Å². The van der Waals surface area contributed by atoms with Gasteiger partial charge in [-0.1, -0.05) is 6.07 Å². The number of imidazole rings is 1. The largest absolute Gasteiger partial charge is 0.493 e. The summed E-state index contributed by atoms with van der Waals surface area (Å²) in [7, 11) is 1.61. The standard InChI is InChI=1S/C22H20N4O2/c1-27-21-10-7-16(13-24-21)26-20-9-8-17(28-14-15-5-6-15)12-19(20)25-22(26)18-4-2-3-11-23-18/h2-4,7-13,15H,5-6,14H2,1H3. The molecule has 0 aliphatic heterocycles. The van der Waals surface area contributed by atoms with Crippen LogP contribution in [-0.4, -0.2) is 33.2 Å². The Balaban J connectivity index is 1.63. The van der Waals surface area contributed by atoms with Crippen molar-refractivity contribution in [3.63, 3.8) is 0 Å². The zero-order chi connectivity index (χ0) is 18.9. The molecular formula is C22H20N4O2. The van der Waals surface area contributed by atoms with Gasteiger partial charge in [0.2, 0.25) is 5.88 Å². The summed E-state index contributed by atoms with van der Waals surface area (Å²) in [5, 5.41) is 0. The minimum absolute atomic E-state index is 0.573. The number of ether oxygens (including phenoxy) is 2. The van der Waals surface area contributed by atoms with Crippen molar-refractivity contribution in [3.8, 4) is 28.8 Å². The summed E-state index contributed by atoms with van der Waals surface area (Å²) in [4.78, 5) is 13.7. The van der Waals surface area contributed by atoms with Crippen molar-refractivity contribution >= 4 is 11.0 Å². The third-order valence-electron chi connectivity index (χ3n) is 4.89. The molecular weight excluding hydrogens is 352 g/mol. The van der Waals surface area contributed by atoms with Gasteiger partial charge in [-0.15, -0.1) is 0 Å². The molecule has 1 saturated carbocycles. The molecule has 6 heteroatoms. The van der Waals surface area contributed by atoms with Gasteiger partial charge in [-0.3, -0.25) is 9.55 Å². The van der Waals surface area contributed by atoms with E-state index < -0.39 is 0 Å². The molecule has 0 amide bonds. The molecule has 0 spiro atoms. The second-order valence-corrected chi connectivity index (χ2v) is 6.95. The number of benzene rings is 1. The van der Waals surface area contributed by atoms with Gasteiger partial charge < -0.3 is 9.47 Å². The van der Waals surface area contributed by atoms with E-state index in [2.05, 4.69) is 14.5 Å². The molecule has 6 nitrogen and oxygen atoms in total. The van der Waals surface area contributed by atoms with Crippen LogP contribution in [0.4, 0.5) is 0 Å². The van der Waals surface area contributed by atoms with Crippen molar-refractivity contribution in [2.45, 2.75) is 12.8 Å². The average Bonchev–Trinajstić information content (AvgIpc) is 3.51. The quantitative estimate of drug-likeness (QED) is 0.505. The van der Waals surface area contributed by atoms with Gasteiger partial charge in [0.25, 0.3) is 0 Å². The lowest BCUT2D eigenvalue weighted by Crippen LogP contribution is -2.00. The molecule has 28 heavy (non-hydrogen) atoms. The molecule has 1 aromatic carbocycles. The Morgan fingerprint density at radius 3 is 2.71 bits per heavy atom. The molecule has 0 saturated heterocycles. The van der Waals surface area contributed by atoms with Crippen LogP contribution in [0.5, 0.6) is 11.6 Å². The predicted molar refractivity (Wildman–Crippen MR) is 107 cm³/mol. The van der Waals surface area contributed by atoms with Crippen LogP contribution in [0.1, 0.15) is 12.8 Å². The fraction of sp³-hybridized carbons (Fsp3) is 0.227. The van der Waals surface area contributed by atoms with Crippen LogP contribution in [-0.2, 0) is 0 Å². The van der Waals surface area contributed by atoms with Crippen molar-refractivity contribution in [2.24, 2.45) is 5.92 Å². The van der Waals surface area contributed by atoms with E-state index in [1.807, 2.05) is 48.5 Å². The number of nitrogens with zero attached hydrogens (tertiary/aromatic N) is 4. The summed E-state index contributed by atoms with van der Waals surface area (Å²) in [5.41, 5.74) is 3.54. The molecule has 1 aliphatic carbocycles. The molecule has 1 fully saturated rings. The fourth-order valence-corrected chi connectivity index (χ4v) is 3.20. The van der Waals surface area contributed by atoms with E-state index in [1.165, 1.54) is 12.8 Å². The molecule has 5 rings (SSSR count). The van der Waals surface area contributed by atoms with Gasteiger partial charge in [0.1, 0.15) is 11.4 Å². The smallest absolute Gasteiger partial charge is 0.213 e. The highest BCUT2D eigenvalue weighted by atomic mass is 16.5. The van der Waals surface area contributed by atoms with E-state index in [1.54, 1.807) is 19.5 Å². The van der Waals surface area contributed by atoms with Crippen LogP contribution in [0.15, 0.2) is 60.9 Å². The number of pyridine rings is 2. The highest BCUT2D eigenvalue weighted by molar-refractivity contribution is 5.83. The number of hydrogen-bond acceptors (Lipinski definition) is 5. The second-order valence-electron chi connectivity index (χ2n) is 6.95. The van der Waals surface area contributed by atoms with E-state index in [-0.39, 0.29) is 0 Å². The maximum absolute atomic E-state index is 5.94. The Morgan fingerprint density at radius 2 is 2.00 bits per heavy atom. The normalized spacial score (nSPS) is 13.6. The number of fused-ring (bicyclic) bond motifs is 1. The third-order valence-corrected chi connectivity index (χ3v) is 4.89. The van der Waals surface area contributed by atoms with Crippen LogP contribution in [0.2, 0.25) is 0 Å². The van der Waals surface area contributed by atoms with Gasteiger partial charge in [-0.2, -0.15) is 0 Å². The Bertz CT molecular complexity index is 1100. The zero-order valence-corrected chi connectivity index (χ0v) is 15.6. The second kappa shape index (κ2) is 6.96. The lowest BCUT2D eigenvalue weighted by Gasteiger charge is -2.10. The minimum Gasteiger partial charge on any atom is -0.493 e. The van der Waals surface area contributed by atoms with E-state index in [9.17, 15) is 0 Å². The first kappa shape index (κ1) is 16.7. The van der Waals surface area contributed by atoms with Crippen molar-refractivity contribution in [1.29, 1.82) is 0 Å². The SMILES string of the molecule is COc1ccc(-n2c(-c3ccccn3)nc3cc(OCC4CC4)ccc32)cn1. The summed E-state index contributed by atoms with van der Waals surface area (Å²) in [6.07, 6.45) is 6.09. The van der Waals surface area contributed by atoms with Gasteiger partial charge in [0, 0.05) is 18.3 Å².